The minimum absolute atomic E-state index is 0.291. The fourth-order valence-corrected chi connectivity index (χ4v) is 5.43. The third-order valence-electron chi connectivity index (χ3n) is 6.00. The molecule has 1 fully saturated rings. The summed E-state index contributed by atoms with van der Waals surface area (Å²) in [5.41, 5.74) is 10.7. The second kappa shape index (κ2) is 8.05. The number of ether oxygens (including phenoxy) is 1. The summed E-state index contributed by atoms with van der Waals surface area (Å²) in [5, 5.41) is 0.618. The van der Waals surface area contributed by atoms with Crippen molar-refractivity contribution in [1.29, 1.82) is 0 Å². The van der Waals surface area contributed by atoms with E-state index in [9.17, 15) is 4.79 Å². The van der Waals surface area contributed by atoms with Gasteiger partial charge in [0.25, 0.3) is 0 Å². The Morgan fingerprint density at radius 1 is 1.34 bits per heavy atom. The number of benzene rings is 1. The number of piperidine rings is 1. The van der Waals surface area contributed by atoms with Gasteiger partial charge >= 0.3 is 0 Å². The fraction of sp³-hybridized carbons (Fsp3) is 0.429. The van der Waals surface area contributed by atoms with Crippen LogP contribution >= 0.6 is 23.5 Å². The molecule has 0 atom stereocenters. The van der Waals surface area contributed by atoms with Crippen LogP contribution in [0.4, 0.5) is 11.4 Å². The molecule has 8 heteroatoms. The smallest absolute Gasteiger partial charge is 0.226 e. The molecule has 4 rings (SSSR count). The van der Waals surface area contributed by atoms with Crippen molar-refractivity contribution >= 4 is 40.8 Å². The van der Waals surface area contributed by atoms with E-state index in [2.05, 4.69) is 39.4 Å². The average Bonchev–Trinajstić information content (AvgIpc) is 3.09. The zero-order valence-corrected chi connectivity index (χ0v) is 18.2. The van der Waals surface area contributed by atoms with Gasteiger partial charge < -0.3 is 19.7 Å². The highest BCUT2D eigenvalue weighted by atomic mass is 35.5. The van der Waals surface area contributed by atoms with E-state index < -0.39 is 5.41 Å². The average molecular weight is 433 g/mol. The molecule has 2 N–H and O–H groups in total. The van der Waals surface area contributed by atoms with Crippen molar-refractivity contribution in [3.63, 3.8) is 0 Å². The number of nitrogens with two attached hydrogens (primary N) is 1. The van der Waals surface area contributed by atoms with Crippen LogP contribution in [0, 0.1) is 5.41 Å². The van der Waals surface area contributed by atoms with Crippen LogP contribution in [0.25, 0.3) is 11.1 Å². The predicted molar refractivity (Wildman–Crippen MR) is 119 cm³/mol. The molecule has 3 heterocycles. The number of halogens is 1. The first-order valence-electron chi connectivity index (χ1n) is 9.62. The van der Waals surface area contributed by atoms with Crippen LogP contribution in [-0.4, -0.2) is 44.7 Å². The van der Waals surface area contributed by atoms with Crippen molar-refractivity contribution < 1.29 is 9.53 Å². The zero-order valence-electron chi connectivity index (χ0n) is 16.7. The Balaban J connectivity index is 1.66. The van der Waals surface area contributed by atoms with Crippen LogP contribution < -0.4 is 14.9 Å². The van der Waals surface area contributed by atoms with Gasteiger partial charge in [0.1, 0.15) is 0 Å². The Morgan fingerprint density at radius 3 is 2.79 bits per heavy atom. The molecule has 0 radical (unpaired) electrons. The molecule has 2 aliphatic heterocycles. The highest BCUT2D eigenvalue weighted by Gasteiger charge is 2.40. The van der Waals surface area contributed by atoms with Crippen molar-refractivity contribution in [1.82, 2.24) is 4.98 Å². The number of carbonyl (C=O) groups excluding carboxylic acids is 1. The van der Waals surface area contributed by atoms with Crippen LogP contribution in [0.5, 0.6) is 0 Å². The molecule has 0 spiro atoms. The maximum Gasteiger partial charge on any atom is 0.226 e. The lowest BCUT2D eigenvalue weighted by molar-refractivity contribution is -0.132. The van der Waals surface area contributed by atoms with E-state index in [1.165, 1.54) is 11.3 Å². The summed E-state index contributed by atoms with van der Waals surface area (Å²) in [5.74, 6) is 0.672. The first-order chi connectivity index (χ1) is 13.9. The number of pyridine rings is 1. The first kappa shape index (κ1) is 20.3. The van der Waals surface area contributed by atoms with Gasteiger partial charge in [0.15, 0.2) is 0 Å². The van der Waals surface area contributed by atoms with Gasteiger partial charge in [-0.25, -0.2) is 0 Å². The van der Waals surface area contributed by atoms with E-state index in [4.69, 9.17) is 22.1 Å². The molecule has 154 valence electrons. The minimum Gasteiger partial charge on any atom is -0.384 e. The molecule has 6 nitrogen and oxygen atoms in total. The predicted octanol–water partition coefficient (Wildman–Crippen LogP) is 3.72. The van der Waals surface area contributed by atoms with Gasteiger partial charge in [-0.15, -0.1) is 0 Å². The summed E-state index contributed by atoms with van der Waals surface area (Å²) >= 11 is 8.41. The Kier molecular flexibility index (Phi) is 5.64. The maximum absolute atomic E-state index is 12.1. The van der Waals surface area contributed by atoms with Crippen LogP contribution in [0.2, 0.25) is 5.02 Å². The van der Waals surface area contributed by atoms with Crippen LogP contribution in [0.3, 0.4) is 0 Å². The lowest BCUT2D eigenvalue weighted by Gasteiger charge is -2.41. The largest absolute Gasteiger partial charge is 0.384 e. The molecule has 1 aromatic carbocycles. The number of nitrogens with zero attached hydrogens (tertiary/aromatic N) is 3. The standard InChI is InChI=1S/C21H25ClN4O2S/c1-25-18-4-3-14(9-15(18)12-29-25)16-10-24-11-17(22)19(16)26-7-5-21(6-8-26,13-28-2)20(23)27/h3-4,9-11H,5-8,12-13H2,1-2H3,(H2,23,27). The molecule has 2 aromatic rings. The van der Waals surface area contributed by atoms with Gasteiger partial charge in [0.2, 0.25) is 5.91 Å². The highest BCUT2D eigenvalue weighted by Crippen LogP contribution is 2.43. The Bertz CT molecular complexity index is 931. The quantitative estimate of drug-likeness (QED) is 0.726. The minimum atomic E-state index is -0.611. The number of hydrogen-bond donors (Lipinski definition) is 1. The number of aromatic nitrogens is 1. The number of primary amides is 1. The molecule has 1 saturated heterocycles. The van der Waals surface area contributed by atoms with Crippen molar-refractivity contribution in [2.45, 2.75) is 18.6 Å². The summed E-state index contributed by atoms with van der Waals surface area (Å²) < 4.78 is 7.49. The summed E-state index contributed by atoms with van der Waals surface area (Å²) in [7, 11) is 3.69. The first-order valence-corrected chi connectivity index (χ1v) is 10.9. The van der Waals surface area contributed by atoms with Gasteiger partial charge in [-0.2, -0.15) is 0 Å². The topological polar surface area (TPSA) is 71.7 Å². The number of amides is 1. The van der Waals surface area contributed by atoms with Crippen molar-refractivity contribution in [2.24, 2.45) is 11.1 Å². The molecular weight excluding hydrogens is 408 g/mol. The number of methoxy groups -OCH3 is 1. The Hall–Kier alpha value is -1.96. The molecule has 29 heavy (non-hydrogen) atoms. The third-order valence-corrected chi connectivity index (χ3v) is 7.30. The Labute approximate surface area is 180 Å². The van der Waals surface area contributed by atoms with Gasteiger partial charge in [0, 0.05) is 51.0 Å². The van der Waals surface area contributed by atoms with E-state index in [1.807, 2.05) is 6.20 Å². The molecule has 1 aromatic heterocycles. The second-order valence-electron chi connectivity index (χ2n) is 7.70. The van der Waals surface area contributed by atoms with Crippen LogP contribution in [-0.2, 0) is 15.3 Å². The third kappa shape index (κ3) is 3.67. The molecule has 0 unspecified atom stereocenters. The van der Waals surface area contributed by atoms with Crippen molar-refractivity contribution in [3.8, 4) is 11.1 Å². The molecule has 0 saturated carbocycles. The summed E-state index contributed by atoms with van der Waals surface area (Å²) in [6.45, 7) is 1.72. The van der Waals surface area contributed by atoms with Crippen molar-refractivity contribution in [2.75, 3.05) is 43.1 Å². The van der Waals surface area contributed by atoms with Gasteiger partial charge in [0.05, 0.1) is 28.4 Å². The maximum atomic E-state index is 12.1. The fourth-order valence-electron chi connectivity index (χ4n) is 4.27. The van der Waals surface area contributed by atoms with E-state index in [-0.39, 0.29) is 5.91 Å². The van der Waals surface area contributed by atoms with Gasteiger partial charge in [-0.05, 0) is 48.0 Å². The molecule has 0 aliphatic carbocycles. The van der Waals surface area contributed by atoms with E-state index in [1.54, 1.807) is 25.3 Å². The summed E-state index contributed by atoms with van der Waals surface area (Å²) in [4.78, 5) is 18.7. The number of rotatable bonds is 5. The lowest BCUT2D eigenvalue weighted by Crippen LogP contribution is -2.49. The van der Waals surface area contributed by atoms with Gasteiger partial charge in [-0.1, -0.05) is 17.7 Å². The second-order valence-corrected chi connectivity index (χ2v) is 9.20. The lowest BCUT2D eigenvalue weighted by atomic mass is 9.78. The summed E-state index contributed by atoms with van der Waals surface area (Å²) in [6.07, 6.45) is 4.84. The monoisotopic (exact) mass is 432 g/mol. The van der Waals surface area contributed by atoms with E-state index in [0.717, 1.165) is 22.6 Å². The number of fused-ring (bicyclic) bond motifs is 1. The molecule has 0 bridgehead atoms. The number of hydrogen-bond acceptors (Lipinski definition) is 6. The van der Waals surface area contributed by atoms with Crippen LogP contribution in [0.15, 0.2) is 30.6 Å². The van der Waals surface area contributed by atoms with Crippen molar-refractivity contribution in [3.05, 3.63) is 41.2 Å². The van der Waals surface area contributed by atoms with E-state index >= 15 is 0 Å². The normalized spacial score (nSPS) is 18.0. The molecule has 1 amide bonds. The zero-order chi connectivity index (χ0) is 20.6. The summed E-state index contributed by atoms with van der Waals surface area (Å²) in [6, 6.07) is 6.51. The Morgan fingerprint density at radius 2 is 2.10 bits per heavy atom. The van der Waals surface area contributed by atoms with Crippen LogP contribution in [0.1, 0.15) is 18.4 Å². The van der Waals surface area contributed by atoms with Gasteiger partial charge in [-0.3, -0.25) is 9.78 Å². The SMILES string of the molecule is COCC1(C(N)=O)CCN(c2c(Cl)cncc2-c2ccc3c(c2)CSN3C)CC1. The van der Waals surface area contributed by atoms with E-state index in [0.29, 0.717) is 37.6 Å². The molecular formula is C21H25ClN4O2S. The highest BCUT2D eigenvalue weighted by molar-refractivity contribution is 8.00. The number of carbonyl (C=O) groups is 1. The molecule has 2 aliphatic rings. The number of anilines is 2.